The van der Waals surface area contributed by atoms with Crippen LogP contribution >= 0.6 is 0 Å². The van der Waals surface area contributed by atoms with Gasteiger partial charge >= 0.3 is 0 Å². The van der Waals surface area contributed by atoms with E-state index in [2.05, 4.69) is 22.9 Å². The lowest BCUT2D eigenvalue weighted by Crippen LogP contribution is -2.20. The van der Waals surface area contributed by atoms with Crippen molar-refractivity contribution in [3.05, 3.63) is 36.0 Å². The van der Waals surface area contributed by atoms with E-state index in [4.69, 9.17) is 4.74 Å². The zero-order valence-corrected chi connectivity index (χ0v) is 10.5. The first kappa shape index (κ1) is 11.8. The molecule has 96 valence electrons. The summed E-state index contributed by atoms with van der Waals surface area (Å²) in [5.74, 6) is 0.695. The Morgan fingerprint density at radius 3 is 2.83 bits per heavy atom. The molecule has 3 heteroatoms. The third-order valence-electron chi connectivity index (χ3n) is 3.84. The SMILES string of the molecule is OCc1cccc2ccn(CC3CCOCC3)c12. The molecular weight excluding hydrogens is 226 g/mol. The summed E-state index contributed by atoms with van der Waals surface area (Å²) in [5, 5.41) is 10.7. The maximum atomic E-state index is 9.45. The van der Waals surface area contributed by atoms with Gasteiger partial charge in [0.2, 0.25) is 0 Å². The maximum absolute atomic E-state index is 9.45. The van der Waals surface area contributed by atoms with Crippen molar-refractivity contribution in [3.8, 4) is 0 Å². The average Bonchev–Trinajstić information content (AvgIpc) is 2.83. The van der Waals surface area contributed by atoms with Crippen LogP contribution in [0.1, 0.15) is 18.4 Å². The van der Waals surface area contributed by atoms with Crippen LogP contribution in [0, 0.1) is 5.92 Å². The Bertz CT molecular complexity index is 526. The van der Waals surface area contributed by atoms with E-state index >= 15 is 0 Å². The Hall–Kier alpha value is -1.32. The predicted molar refractivity (Wildman–Crippen MR) is 71.4 cm³/mol. The molecule has 1 aliphatic heterocycles. The number of nitrogens with zero attached hydrogens (tertiary/aromatic N) is 1. The molecule has 0 atom stereocenters. The summed E-state index contributed by atoms with van der Waals surface area (Å²) in [6.45, 7) is 2.91. The van der Waals surface area contributed by atoms with Crippen molar-refractivity contribution in [1.29, 1.82) is 0 Å². The van der Waals surface area contributed by atoms with Crippen molar-refractivity contribution < 1.29 is 9.84 Å². The Labute approximate surface area is 107 Å². The molecular formula is C15H19NO2. The van der Waals surface area contributed by atoms with E-state index in [0.29, 0.717) is 5.92 Å². The smallest absolute Gasteiger partial charge is 0.0702 e. The van der Waals surface area contributed by atoms with Crippen molar-refractivity contribution in [2.45, 2.75) is 26.0 Å². The molecule has 0 bridgehead atoms. The Kier molecular flexibility index (Phi) is 3.35. The van der Waals surface area contributed by atoms with E-state index in [1.165, 1.54) is 10.9 Å². The summed E-state index contributed by atoms with van der Waals surface area (Å²) in [6.07, 6.45) is 4.42. The molecule has 0 radical (unpaired) electrons. The van der Waals surface area contributed by atoms with Gasteiger partial charge in [0.25, 0.3) is 0 Å². The molecule has 2 aromatic rings. The Morgan fingerprint density at radius 2 is 2.06 bits per heavy atom. The lowest BCUT2D eigenvalue weighted by molar-refractivity contribution is 0.0616. The third-order valence-corrected chi connectivity index (χ3v) is 3.84. The summed E-state index contributed by atoms with van der Waals surface area (Å²) in [6, 6.07) is 8.25. The van der Waals surface area contributed by atoms with Gasteiger partial charge in [0, 0.05) is 31.5 Å². The number of benzene rings is 1. The minimum Gasteiger partial charge on any atom is -0.392 e. The zero-order valence-electron chi connectivity index (χ0n) is 10.5. The van der Waals surface area contributed by atoms with Gasteiger partial charge in [-0.25, -0.2) is 0 Å². The number of rotatable bonds is 3. The molecule has 3 nitrogen and oxygen atoms in total. The lowest BCUT2D eigenvalue weighted by Gasteiger charge is -2.23. The summed E-state index contributed by atoms with van der Waals surface area (Å²) in [5.41, 5.74) is 2.20. The predicted octanol–water partition coefficient (Wildman–Crippen LogP) is 2.56. The molecule has 1 N–H and O–H groups in total. The van der Waals surface area contributed by atoms with Crippen molar-refractivity contribution in [1.82, 2.24) is 4.57 Å². The van der Waals surface area contributed by atoms with Crippen LogP contribution in [0.2, 0.25) is 0 Å². The molecule has 18 heavy (non-hydrogen) atoms. The number of hydrogen-bond acceptors (Lipinski definition) is 2. The summed E-state index contributed by atoms with van der Waals surface area (Å²) in [4.78, 5) is 0. The fourth-order valence-corrected chi connectivity index (χ4v) is 2.83. The van der Waals surface area contributed by atoms with Crippen LogP contribution in [0.15, 0.2) is 30.5 Å². The van der Waals surface area contributed by atoms with E-state index in [1.54, 1.807) is 0 Å². The number of para-hydroxylation sites is 1. The average molecular weight is 245 g/mol. The first-order chi connectivity index (χ1) is 8.88. The third kappa shape index (κ3) is 2.16. The molecule has 3 rings (SSSR count). The van der Waals surface area contributed by atoms with Crippen LogP contribution in [-0.2, 0) is 17.9 Å². The summed E-state index contributed by atoms with van der Waals surface area (Å²) >= 11 is 0. The van der Waals surface area contributed by atoms with Crippen LogP contribution in [0.4, 0.5) is 0 Å². The highest BCUT2D eigenvalue weighted by molar-refractivity contribution is 5.83. The van der Waals surface area contributed by atoms with E-state index in [9.17, 15) is 5.11 Å². The lowest BCUT2D eigenvalue weighted by atomic mass is 10.0. The van der Waals surface area contributed by atoms with E-state index in [0.717, 1.165) is 38.2 Å². The molecule has 1 fully saturated rings. The molecule has 2 heterocycles. The number of ether oxygens (including phenoxy) is 1. The second kappa shape index (κ2) is 5.12. The molecule has 0 amide bonds. The molecule has 1 aromatic heterocycles. The largest absolute Gasteiger partial charge is 0.392 e. The van der Waals surface area contributed by atoms with Gasteiger partial charge in [-0.1, -0.05) is 18.2 Å². The standard InChI is InChI=1S/C15H19NO2/c17-11-14-3-1-2-13-4-7-16(15(13)14)10-12-5-8-18-9-6-12/h1-4,7,12,17H,5-6,8-11H2. The summed E-state index contributed by atoms with van der Waals surface area (Å²) in [7, 11) is 0. The van der Waals surface area contributed by atoms with Gasteiger partial charge in [0.15, 0.2) is 0 Å². The molecule has 1 aromatic carbocycles. The molecule has 0 aliphatic carbocycles. The van der Waals surface area contributed by atoms with Crippen molar-refractivity contribution in [2.75, 3.05) is 13.2 Å². The van der Waals surface area contributed by atoms with Gasteiger partial charge in [0.05, 0.1) is 12.1 Å². The maximum Gasteiger partial charge on any atom is 0.0702 e. The molecule has 0 saturated carbocycles. The van der Waals surface area contributed by atoms with Crippen LogP contribution < -0.4 is 0 Å². The zero-order chi connectivity index (χ0) is 12.4. The number of aromatic nitrogens is 1. The van der Waals surface area contributed by atoms with Crippen LogP contribution in [0.3, 0.4) is 0 Å². The molecule has 1 aliphatic rings. The minimum absolute atomic E-state index is 0.106. The van der Waals surface area contributed by atoms with E-state index in [1.807, 2.05) is 12.1 Å². The fraction of sp³-hybridized carbons (Fsp3) is 0.467. The van der Waals surface area contributed by atoms with Crippen LogP contribution in [0.25, 0.3) is 10.9 Å². The van der Waals surface area contributed by atoms with Crippen molar-refractivity contribution in [2.24, 2.45) is 5.92 Å². The molecule has 0 unspecified atom stereocenters. The highest BCUT2D eigenvalue weighted by atomic mass is 16.5. The first-order valence-corrected chi connectivity index (χ1v) is 6.64. The second-order valence-corrected chi connectivity index (χ2v) is 5.04. The van der Waals surface area contributed by atoms with Crippen molar-refractivity contribution >= 4 is 10.9 Å². The highest BCUT2D eigenvalue weighted by Crippen LogP contribution is 2.24. The Morgan fingerprint density at radius 1 is 1.22 bits per heavy atom. The molecule has 1 saturated heterocycles. The van der Waals surface area contributed by atoms with Gasteiger partial charge in [-0.05, 0) is 30.2 Å². The van der Waals surface area contributed by atoms with Gasteiger partial charge in [0.1, 0.15) is 0 Å². The van der Waals surface area contributed by atoms with Gasteiger partial charge in [-0.3, -0.25) is 0 Å². The van der Waals surface area contributed by atoms with Gasteiger partial charge < -0.3 is 14.4 Å². The normalized spacial score (nSPS) is 17.4. The second-order valence-electron chi connectivity index (χ2n) is 5.04. The monoisotopic (exact) mass is 245 g/mol. The molecule has 0 spiro atoms. The first-order valence-electron chi connectivity index (χ1n) is 6.64. The number of hydrogen-bond donors (Lipinski definition) is 1. The highest BCUT2D eigenvalue weighted by Gasteiger charge is 2.15. The quantitative estimate of drug-likeness (QED) is 0.901. The topological polar surface area (TPSA) is 34.4 Å². The van der Waals surface area contributed by atoms with E-state index < -0.39 is 0 Å². The number of fused-ring (bicyclic) bond motifs is 1. The minimum atomic E-state index is 0.106. The van der Waals surface area contributed by atoms with Crippen LogP contribution in [-0.4, -0.2) is 22.9 Å². The Balaban J connectivity index is 1.91. The summed E-state index contributed by atoms with van der Waals surface area (Å²) < 4.78 is 7.69. The van der Waals surface area contributed by atoms with Gasteiger partial charge in [-0.15, -0.1) is 0 Å². The van der Waals surface area contributed by atoms with Crippen LogP contribution in [0.5, 0.6) is 0 Å². The van der Waals surface area contributed by atoms with Gasteiger partial charge in [-0.2, -0.15) is 0 Å². The fourth-order valence-electron chi connectivity index (χ4n) is 2.83. The van der Waals surface area contributed by atoms with E-state index in [-0.39, 0.29) is 6.61 Å². The number of aliphatic hydroxyl groups excluding tert-OH is 1. The van der Waals surface area contributed by atoms with Crippen molar-refractivity contribution in [3.63, 3.8) is 0 Å². The number of aliphatic hydroxyl groups is 1.